The van der Waals surface area contributed by atoms with Gasteiger partial charge in [0.05, 0.1) is 6.21 Å². The zero-order valence-electron chi connectivity index (χ0n) is 12.2. The highest BCUT2D eigenvalue weighted by Gasteiger charge is 2.00. The smallest absolute Gasteiger partial charge is 0.191 e. The van der Waals surface area contributed by atoms with E-state index < -0.39 is 0 Å². The number of rotatable bonds is 4. The van der Waals surface area contributed by atoms with Crippen molar-refractivity contribution in [3.63, 3.8) is 0 Å². The van der Waals surface area contributed by atoms with Crippen molar-refractivity contribution in [3.05, 3.63) is 65.7 Å². The predicted octanol–water partition coefficient (Wildman–Crippen LogP) is 4.13. The summed E-state index contributed by atoms with van der Waals surface area (Å²) in [5.41, 5.74) is 6.09. The van der Waals surface area contributed by atoms with Crippen LogP contribution >= 0.6 is 12.2 Å². The normalized spacial score (nSPS) is 10.8. The van der Waals surface area contributed by atoms with E-state index in [2.05, 4.69) is 41.8 Å². The molecule has 4 heteroatoms. The van der Waals surface area contributed by atoms with E-state index in [1.807, 2.05) is 42.5 Å². The van der Waals surface area contributed by atoms with Gasteiger partial charge in [-0.05, 0) is 41.4 Å². The summed E-state index contributed by atoms with van der Waals surface area (Å²) < 4.78 is 0. The molecule has 21 heavy (non-hydrogen) atoms. The molecule has 108 valence electrons. The minimum Gasteiger partial charge on any atom is -0.331 e. The Morgan fingerprint density at radius 1 is 1.05 bits per heavy atom. The van der Waals surface area contributed by atoms with Crippen LogP contribution in [0.25, 0.3) is 0 Å². The summed E-state index contributed by atoms with van der Waals surface area (Å²) in [5.74, 6) is 0.527. The number of benzene rings is 2. The zero-order valence-corrected chi connectivity index (χ0v) is 13.0. The molecule has 0 heterocycles. The molecule has 0 spiro atoms. The number of anilines is 1. The lowest BCUT2D eigenvalue weighted by molar-refractivity contribution is 0.867. The number of hydrazone groups is 1. The third kappa shape index (κ3) is 5.00. The molecule has 0 aromatic heterocycles. The molecule has 0 saturated carbocycles. The standard InChI is InChI=1S/C17H19N3S/c1-13(2)15-8-10-16(11-9-15)19-17(21)20-18-12-14-6-4-3-5-7-14/h3-13H,1-2H3,(H2,19,20,21)/b18-12-. The zero-order chi connectivity index (χ0) is 15.1. The van der Waals surface area contributed by atoms with Gasteiger partial charge in [-0.2, -0.15) is 5.10 Å². The summed E-state index contributed by atoms with van der Waals surface area (Å²) in [7, 11) is 0. The van der Waals surface area contributed by atoms with Gasteiger partial charge < -0.3 is 5.32 Å². The van der Waals surface area contributed by atoms with Gasteiger partial charge in [0.1, 0.15) is 0 Å². The van der Waals surface area contributed by atoms with Crippen LogP contribution in [0.3, 0.4) is 0 Å². The maximum atomic E-state index is 5.20. The van der Waals surface area contributed by atoms with Crippen molar-refractivity contribution in [1.82, 2.24) is 5.43 Å². The fourth-order valence-corrected chi connectivity index (χ4v) is 1.99. The van der Waals surface area contributed by atoms with Gasteiger partial charge in [-0.1, -0.05) is 56.3 Å². The predicted molar refractivity (Wildman–Crippen MR) is 93.9 cm³/mol. The molecule has 2 aromatic rings. The van der Waals surface area contributed by atoms with Crippen LogP contribution in [0.4, 0.5) is 5.69 Å². The van der Waals surface area contributed by atoms with Gasteiger partial charge in [-0.3, -0.25) is 5.43 Å². The van der Waals surface area contributed by atoms with Gasteiger partial charge in [-0.25, -0.2) is 0 Å². The van der Waals surface area contributed by atoms with Crippen molar-refractivity contribution in [2.45, 2.75) is 19.8 Å². The summed E-state index contributed by atoms with van der Waals surface area (Å²) >= 11 is 5.20. The quantitative estimate of drug-likeness (QED) is 0.506. The van der Waals surface area contributed by atoms with E-state index in [-0.39, 0.29) is 0 Å². The molecule has 3 nitrogen and oxygen atoms in total. The number of nitrogens with one attached hydrogen (secondary N) is 2. The average molecular weight is 297 g/mol. The monoisotopic (exact) mass is 297 g/mol. The van der Waals surface area contributed by atoms with Gasteiger partial charge in [0, 0.05) is 5.69 Å². The first-order valence-electron chi connectivity index (χ1n) is 6.90. The van der Waals surface area contributed by atoms with Crippen LogP contribution < -0.4 is 10.7 Å². The molecule has 2 aromatic carbocycles. The average Bonchev–Trinajstić information content (AvgIpc) is 2.49. The maximum absolute atomic E-state index is 5.20. The molecule has 0 aliphatic rings. The topological polar surface area (TPSA) is 36.4 Å². The van der Waals surface area contributed by atoms with Gasteiger partial charge >= 0.3 is 0 Å². The summed E-state index contributed by atoms with van der Waals surface area (Å²) in [6, 6.07) is 18.1. The Balaban J connectivity index is 1.85. The first-order chi connectivity index (χ1) is 10.1. The van der Waals surface area contributed by atoms with Crippen LogP contribution in [0.1, 0.15) is 30.9 Å². The Kier molecular flexibility index (Phi) is 5.46. The van der Waals surface area contributed by atoms with Crippen molar-refractivity contribution in [3.8, 4) is 0 Å². The van der Waals surface area contributed by atoms with Gasteiger partial charge in [0.2, 0.25) is 0 Å². The minimum atomic E-state index is 0.472. The van der Waals surface area contributed by atoms with E-state index >= 15 is 0 Å². The lowest BCUT2D eigenvalue weighted by Crippen LogP contribution is -2.23. The van der Waals surface area contributed by atoms with Crippen molar-refractivity contribution in [2.24, 2.45) is 5.10 Å². The van der Waals surface area contributed by atoms with Crippen LogP contribution in [-0.2, 0) is 0 Å². The van der Waals surface area contributed by atoms with Gasteiger partial charge in [-0.15, -0.1) is 0 Å². The molecule has 0 amide bonds. The van der Waals surface area contributed by atoms with E-state index in [1.165, 1.54) is 5.56 Å². The van der Waals surface area contributed by atoms with E-state index in [0.717, 1.165) is 11.3 Å². The highest BCUT2D eigenvalue weighted by molar-refractivity contribution is 7.80. The Morgan fingerprint density at radius 2 is 1.71 bits per heavy atom. The van der Waals surface area contributed by atoms with Gasteiger partial charge in [0.15, 0.2) is 5.11 Å². The Bertz CT molecular complexity index is 604. The molecule has 0 unspecified atom stereocenters. The van der Waals surface area contributed by atoms with Crippen molar-refractivity contribution in [1.29, 1.82) is 0 Å². The van der Waals surface area contributed by atoms with E-state index in [1.54, 1.807) is 6.21 Å². The van der Waals surface area contributed by atoms with E-state index in [9.17, 15) is 0 Å². The maximum Gasteiger partial charge on any atom is 0.191 e. The summed E-state index contributed by atoms with van der Waals surface area (Å²) in [6.45, 7) is 4.35. The molecule has 2 rings (SSSR count). The number of thiocarbonyl (C=S) groups is 1. The number of nitrogens with zero attached hydrogens (tertiary/aromatic N) is 1. The lowest BCUT2D eigenvalue weighted by Gasteiger charge is -2.09. The number of hydrogen-bond acceptors (Lipinski definition) is 2. The molecular weight excluding hydrogens is 278 g/mol. The Hall–Kier alpha value is -2.20. The molecule has 0 fully saturated rings. The second-order valence-electron chi connectivity index (χ2n) is 5.01. The summed E-state index contributed by atoms with van der Waals surface area (Å²) in [4.78, 5) is 0. The van der Waals surface area contributed by atoms with Crippen LogP contribution in [-0.4, -0.2) is 11.3 Å². The molecule has 0 aliphatic heterocycles. The highest BCUT2D eigenvalue weighted by atomic mass is 32.1. The second-order valence-corrected chi connectivity index (χ2v) is 5.42. The molecule has 0 atom stereocenters. The fourth-order valence-electron chi connectivity index (χ4n) is 1.81. The van der Waals surface area contributed by atoms with Crippen molar-refractivity contribution in [2.75, 3.05) is 5.32 Å². The first-order valence-corrected chi connectivity index (χ1v) is 7.31. The highest BCUT2D eigenvalue weighted by Crippen LogP contribution is 2.16. The van der Waals surface area contributed by atoms with Crippen molar-refractivity contribution < 1.29 is 0 Å². The van der Waals surface area contributed by atoms with Crippen LogP contribution in [0.5, 0.6) is 0 Å². The van der Waals surface area contributed by atoms with Gasteiger partial charge in [0.25, 0.3) is 0 Å². The van der Waals surface area contributed by atoms with Crippen LogP contribution in [0.2, 0.25) is 0 Å². The van der Waals surface area contributed by atoms with Crippen molar-refractivity contribution >= 4 is 29.2 Å². The minimum absolute atomic E-state index is 0.472. The van der Waals surface area contributed by atoms with E-state index in [4.69, 9.17) is 12.2 Å². The Morgan fingerprint density at radius 3 is 2.33 bits per heavy atom. The third-order valence-corrected chi connectivity index (χ3v) is 3.21. The second kappa shape index (κ2) is 7.55. The summed E-state index contributed by atoms with van der Waals surface area (Å²) in [6.07, 6.45) is 1.73. The molecular formula is C17H19N3S. The largest absolute Gasteiger partial charge is 0.331 e. The molecule has 0 bridgehead atoms. The summed E-state index contributed by atoms with van der Waals surface area (Å²) in [5, 5.41) is 7.68. The Labute approximate surface area is 131 Å². The molecule has 0 saturated heterocycles. The lowest BCUT2D eigenvalue weighted by atomic mass is 10.0. The third-order valence-electron chi connectivity index (χ3n) is 3.01. The number of hydrogen-bond donors (Lipinski definition) is 2. The molecule has 0 aliphatic carbocycles. The first kappa shape index (κ1) is 15.2. The molecule has 2 N–H and O–H groups in total. The molecule has 0 radical (unpaired) electrons. The van der Waals surface area contributed by atoms with Crippen LogP contribution in [0.15, 0.2) is 59.7 Å². The van der Waals surface area contributed by atoms with E-state index in [0.29, 0.717) is 11.0 Å². The fraction of sp³-hybridized carbons (Fsp3) is 0.176. The van der Waals surface area contributed by atoms with Crippen LogP contribution in [0, 0.1) is 0 Å². The SMILES string of the molecule is CC(C)c1ccc(NC(=S)N/N=C\c2ccccc2)cc1.